The Labute approximate surface area is 157 Å². The first kappa shape index (κ1) is 19.6. The van der Waals surface area contributed by atoms with Gasteiger partial charge in [-0.05, 0) is 18.9 Å². The van der Waals surface area contributed by atoms with Crippen molar-refractivity contribution < 1.29 is 27.6 Å². The molecule has 0 radical (unpaired) electrons. The number of non-ortho nitro benzene ring substituents is 1. The largest absolute Gasteiger partial charge is 0.483 e. The van der Waals surface area contributed by atoms with Crippen molar-refractivity contribution in [1.82, 2.24) is 9.78 Å². The maximum Gasteiger partial charge on any atom is 0.420 e. The molecule has 0 spiro atoms. The van der Waals surface area contributed by atoms with E-state index in [1.165, 1.54) is 6.20 Å². The quantitative estimate of drug-likeness (QED) is 0.587. The molecular weight excluding hydrogens is 381 g/mol. The number of benzene rings is 1. The number of nitro groups is 1. The molecule has 1 amide bonds. The summed E-state index contributed by atoms with van der Waals surface area (Å²) in [7, 11) is 0. The summed E-state index contributed by atoms with van der Waals surface area (Å²) in [5.41, 5.74) is -2.03. The zero-order chi connectivity index (χ0) is 20.3. The van der Waals surface area contributed by atoms with Gasteiger partial charge in [0.25, 0.3) is 11.6 Å². The Bertz CT molecular complexity index is 876. The van der Waals surface area contributed by atoms with Gasteiger partial charge in [-0.2, -0.15) is 18.3 Å². The smallest absolute Gasteiger partial charge is 0.420 e. The Kier molecular flexibility index (Phi) is 5.52. The van der Waals surface area contributed by atoms with Crippen molar-refractivity contribution in [3.63, 3.8) is 0 Å². The van der Waals surface area contributed by atoms with Gasteiger partial charge < -0.3 is 10.1 Å². The van der Waals surface area contributed by atoms with Crippen LogP contribution >= 0.6 is 0 Å². The Hall–Kier alpha value is -3.11. The molecule has 1 aromatic carbocycles. The molecule has 0 bridgehead atoms. The first-order valence-corrected chi connectivity index (χ1v) is 8.57. The van der Waals surface area contributed by atoms with E-state index in [-0.39, 0.29) is 6.04 Å². The molecule has 2 aromatic rings. The van der Waals surface area contributed by atoms with Crippen LogP contribution in [0, 0.1) is 10.1 Å². The molecule has 0 aliphatic heterocycles. The number of hydrogen-bond donors (Lipinski definition) is 1. The van der Waals surface area contributed by atoms with Crippen LogP contribution in [0.25, 0.3) is 0 Å². The van der Waals surface area contributed by atoms with E-state index in [1.807, 2.05) is 0 Å². The van der Waals surface area contributed by atoms with Gasteiger partial charge >= 0.3 is 6.18 Å². The number of rotatable bonds is 6. The molecule has 8 nitrogen and oxygen atoms in total. The number of aromatic nitrogens is 2. The number of carbonyl (C=O) groups excluding carboxylic acids is 1. The summed E-state index contributed by atoms with van der Waals surface area (Å²) in [6.07, 6.45) is 0.701. The SMILES string of the molecule is O=C(COc1ccc([N+](=O)[O-])cc1C(F)(F)F)Nc1ccnn1C1CCCC1. The minimum Gasteiger partial charge on any atom is -0.483 e. The predicted octanol–water partition coefficient (Wildman–Crippen LogP) is 3.94. The topological polar surface area (TPSA) is 99.3 Å². The van der Waals surface area contributed by atoms with E-state index >= 15 is 0 Å². The van der Waals surface area contributed by atoms with Gasteiger partial charge in [0.2, 0.25) is 0 Å². The average molecular weight is 398 g/mol. The van der Waals surface area contributed by atoms with Crippen LogP contribution in [-0.2, 0) is 11.0 Å². The van der Waals surface area contributed by atoms with E-state index < -0.39 is 40.6 Å². The third-order valence-corrected chi connectivity index (χ3v) is 4.45. The van der Waals surface area contributed by atoms with Crippen LogP contribution in [0.2, 0.25) is 0 Å². The molecule has 28 heavy (non-hydrogen) atoms. The summed E-state index contributed by atoms with van der Waals surface area (Å²) >= 11 is 0. The fraction of sp³-hybridized carbons (Fsp3) is 0.412. The number of nitro benzene ring substituents is 1. The number of alkyl halides is 3. The second-order valence-electron chi connectivity index (χ2n) is 6.37. The molecule has 1 fully saturated rings. The lowest BCUT2D eigenvalue weighted by Crippen LogP contribution is -2.23. The molecule has 1 aromatic heterocycles. The van der Waals surface area contributed by atoms with Crippen LogP contribution in [0.15, 0.2) is 30.5 Å². The number of hydrogen-bond acceptors (Lipinski definition) is 5. The highest BCUT2D eigenvalue weighted by Crippen LogP contribution is 2.38. The van der Waals surface area contributed by atoms with Crippen molar-refractivity contribution in [2.45, 2.75) is 37.9 Å². The second-order valence-corrected chi connectivity index (χ2v) is 6.37. The molecule has 150 valence electrons. The lowest BCUT2D eigenvalue weighted by Gasteiger charge is -2.16. The molecule has 1 saturated carbocycles. The Morgan fingerprint density at radius 3 is 2.68 bits per heavy atom. The average Bonchev–Trinajstić information content (AvgIpc) is 3.30. The number of halogens is 3. The standard InChI is InChI=1S/C17H17F3N4O4/c18-17(19,20)13-9-12(24(26)27)5-6-14(13)28-10-16(25)22-15-7-8-21-23(15)11-3-1-2-4-11/h5-9,11H,1-4,10H2,(H,22,25). The molecule has 1 heterocycles. The number of ether oxygens (including phenoxy) is 1. The van der Waals surface area contributed by atoms with E-state index in [0.717, 1.165) is 37.8 Å². The predicted molar refractivity (Wildman–Crippen MR) is 92.0 cm³/mol. The zero-order valence-electron chi connectivity index (χ0n) is 14.6. The fourth-order valence-corrected chi connectivity index (χ4v) is 3.15. The minimum atomic E-state index is -4.86. The molecule has 1 aliphatic carbocycles. The van der Waals surface area contributed by atoms with E-state index in [1.54, 1.807) is 10.7 Å². The Balaban J connectivity index is 1.68. The molecular formula is C17H17F3N4O4. The molecule has 0 atom stereocenters. The van der Waals surface area contributed by atoms with Gasteiger partial charge in [-0.3, -0.25) is 14.9 Å². The van der Waals surface area contributed by atoms with Gasteiger partial charge in [-0.1, -0.05) is 12.8 Å². The third-order valence-electron chi connectivity index (χ3n) is 4.45. The van der Waals surface area contributed by atoms with Crippen LogP contribution in [0.1, 0.15) is 37.3 Å². The number of anilines is 1. The zero-order valence-corrected chi connectivity index (χ0v) is 14.6. The third kappa shape index (κ3) is 4.41. The number of nitrogens with one attached hydrogen (secondary N) is 1. The maximum absolute atomic E-state index is 13.1. The van der Waals surface area contributed by atoms with Crippen molar-refractivity contribution in [1.29, 1.82) is 0 Å². The highest BCUT2D eigenvalue weighted by atomic mass is 19.4. The number of carbonyl (C=O) groups is 1. The summed E-state index contributed by atoms with van der Waals surface area (Å²) < 4.78 is 46.1. The van der Waals surface area contributed by atoms with Gasteiger partial charge in [-0.25, -0.2) is 4.68 Å². The number of amides is 1. The molecule has 1 N–H and O–H groups in total. The summed E-state index contributed by atoms with van der Waals surface area (Å²) in [5, 5.41) is 17.5. The van der Waals surface area contributed by atoms with Crippen LogP contribution in [0.4, 0.5) is 24.7 Å². The monoisotopic (exact) mass is 398 g/mol. The first-order valence-electron chi connectivity index (χ1n) is 8.57. The maximum atomic E-state index is 13.1. The lowest BCUT2D eigenvalue weighted by atomic mass is 10.1. The Morgan fingerprint density at radius 1 is 1.32 bits per heavy atom. The van der Waals surface area contributed by atoms with Gasteiger partial charge in [0.15, 0.2) is 6.61 Å². The van der Waals surface area contributed by atoms with E-state index in [9.17, 15) is 28.1 Å². The molecule has 0 unspecified atom stereocenters. The van der Waals surface area contributed by atoms with Crippen molar-refractivity contribution in [3.05, 3.63) is 46.1 Å². The van der Waals surface area contributed by atoms with Gasteiger partial charge in [0.05, 0.1) is 17.2 Å². The summed E-state index contributed by atoms with van der Waals surface area (Å²) in [6.45, 7) is -0.684. The highest BCUT2D eigenvalue weighted by Gasteiger charge is 2.36. The molecule has 1 aliphatic rings. The summed E-state index contributed by atoms with van der Waals surface area (Å²) in [5.74, 6) is -0.871. The van der Waals surface area contributed by atoms with E-state index in [2.05, 4.69) is 10.4 Å². The van der Waals surface area contributed by atoms with Gasteiger partial charge in [0, 0.05) is 18.2 Å². The molecule has 3 rings (SSSR count). The molecule has 0 saturated heterocycles. The first-order chi connectivity index (χ1) is 13.3. The van der Waals surface area contributed by atoms with Crippen LogP contribution in [0.5, 0.6) is 5.75 Å². The van der Waals surface area contributed by atoms with Crippen LogP contribution < -0.4 is 10.1 Å². The normalized spacial score (nSPS) is 14.8. The Morgan fingerprint density at radius 2 is 2.04 bits per heavy atom. The van der Waals surface area contributed by atoms with E-state index in [0.29, 0.717) is 11.9 Å². The lowest BCUT2D eigenvalue weighted by molar-refractivity contribution is -0.385. The van der Waals surface area contributed by atoms with E-state index in [4.69, 9.17) is 4.74 Å². The fourth-order valence-electron chi connectivity index (χ4n) is 3.15. The second kappa shape index (κ2) is 7.87. The van der Waals surface area contributed by atoms with Crippen molar-refractivity contribution in [2.75, 3.05) is 11.9 Å². The highest BCUT2D eigenvalue weighted by molar-refractivity contribution is 5.91. The van der Waals surface area contributed by atoms with Crippen LogP contribution in [-0.4, -0.2) is 27.2 Å². The summed E-state index contributed by atoms with van der Waals surface area (Å²) in [4.78, 5) is 21.9. The minimum absolute atomic E-state index is 0.178. The van der Waals surface area contributed by atoms with Crippen molar-refractivity contribution in [2.24, 2.45) is 0 Å². The van der Waals surface area contributed by atoms with Crippen LogP contribution in [0.3, 0.4) is 0 Å². The molecule has 11 heteroatoms. The van der Waals surface area contributed by atoms with Gasteiger partial charge in [-0.15, -0.1) is 0 Å². The summed E-state index contributed by atoms with van der Waals surface area (Å²) in [6, 6.07) is 3.87. The van der Waals surface area contributed by atoms with Crippen molar-refractivity contribution >= 4 is 17.4 Å². The van der Waals surface area contributed by atoms with Crippen molar-refractivity contribution in [3.8, 4) is 5.75 Å². The number of nitrogens with zero attached hydrogens (tertiary/aromatic N) is 3. The van der Waals surface area contributed by atoms with Gasteiger partial charge in [0.1, 0.15) is 17.1 Å².